The van der Waals surface area contributed by atoms with E-state index in [2.05, 4.69) is 26.8 Å². The van der Waals surface area contributed by atoms with Gasteiger partial charge in [-0.3, -0.25) is 14.9 Å². The summed E-state index contributed by atoms with van der Waals surface area (Å²) in [4.78, 5) is 34.6. The molecule has 0 spiro atoms. The number of piperazine rings is 1. The second kappa shape index (κ2) is 6.81. The van der Waals surface area contributed by atoms with Gasteiger partial charge in [0, 0.05) is 49.6 Å². The average Bonchev–Trinajstić information content (AvgIpc) is 2.68. The molecule has 1 saturated heterocycles. The largest absolute Gasteiger partial charge is 0.369 e. The Morgan fingerprint density at radius 1 is 1.07 bits per heavy atom. The highest BCUT2D eigenvalue weighted by Gasteiger charge is 2.15. The molecule has 0 unspecified atom stereocenters. The van der Waals surface area contributed by atoms with E-state index in [1.807, 2.05) is 24.3 Å². The minimum atomic E-state index is -0.524. The third kappa shape index (κ3) is 3.39. The summed E-state index contributed by atoms with van der Waals surface area (Å²) in [5.41, 5.74) is 1.86. The molecule has 0 amide bonds. The molecule has 0 bridgehead atoms. The maximum absolute atomic E-state index is 12.4. The summed E-state index contributed by atoms with van der Waals surface area (Å²) in [6.45, 7) is 4.04. The molecule has 1 aromatic heterocycles. The fourth-order valence-electron chi connectivity index (χ4n) is 3.27. The van der Waals surface area contributed by atoms with Crippen LogP contribution in [0.5, 0.6) is 0 Å². The molecule has 8 heteroatoms. The van der Waals surface area contributed by atoms with Crippen LogP contribution in [0.15, 0.2) is 47.3 Å². The van der Waals surface area contributed by atoms with E-state index in [0.717, 1.165) is 37.4 Å². The SMILES string of the molecule is CN1CCN(c2ccc(-c3nc4ccc([N+](=O)[O-])cc4c(=O)[nH]3)cc2)CC1. The van der Waals surface area contributed by atoms with E-state index >= 15 is 0 Å². The number of anilines is 1. The quantitative estimate of drug-likeness (QED) is 0.565. The lowest BCUT2D eigenvalue weighted by atomic mass is 10.1. The first kappa shape index (κ1) is 17.2. The summed E-state index contributed by atoms with van der Waals surface area (Å²) in [7, 11) is 2.12. The molecule has 0 atom stereocenters. The summed E-state index contributed by atoms with van der Waals surface area (Å²) in [5, 5.41) is 11.1. The summed E-state index contributed by atoms with van der Waals surface area (Å²) in [6.07, 6.45) is 0. The van der Waals surface area contributed by atoms with Gasteiger partial charge in [-0.1, -0.05) is 0 Å². The number of nitrogens with one attached hydrogen (secondary N) is 1. The number of nitrogens with zero attached hydrogens (tertiary/aromatic N) is 4. The maximum atomic E-state index is 12.4. The number of non-ortho nitro benzene ring substituents is 1. The predicted octanol–water partition coefficient (Wildman–Crippen LogP) is 2.25. The van der Waals surface area contributed by atoms with Gasteiger partial charge in [-0.2, -0.15) is 0 Å². The molecule has 138 valence electrons. The fraction of sp³-hybridized carbons (Fsp3) is 0.263. The molecular formula is C19H19N5O3. The van der Waals surface area contributed by atoms with Crippen molar-refractivity contribution in [2.24, 2.45) is 0 Å². The molecule has 1 aliphatic rings. The number of hydrogen-bond donors (Lipinski definition) is 1. The highest BCUT2D eigenvalue weighted by atomic mass is 16.6. The minimum absolute atomic E-state index is 0.126. The van der Waals surface area contributed by atoms with Crippen molar-refractivity contribution >= 4 is 22.3 Å². The molecule has 27 heavy (non-hydrogen) atoms. The Bertz CT molecular complexity index is 1050. The van der Waals surface area contributed by atoms with Crippen LogP contribution < -0.4 is 10.5 Å². The number of likely N-dealkylation sites (N-methyl/N-ethyl adjacent to an activating group) is 1. The van der Waals surface area contributed by atoms with Crippen LogP contribution in [0.4, 0.5) is 11.4 Å². The van der Waals surface area contributed by atoms with E-state index in [1.165, 1.54) is 18.2 Å². The number of aromatic amines is 1. The van der Waals surface area contributed by atoms with Crippen LogP contribution in [0.25, 0.3) is 22.3 Å². The summed E-state index contributed by atoms with van der Waals surface area (Å²) in [5.74, 6) is 0.450. The highest BCUT2D eigenvalue weighted by molar-refractivity contribution is 5.81. The van der Waals surface area contributed by atoms with Crippen molar-refractivity contribution in [2.45, 2.75) is 0 Å². The van der Waals surface area contributed by atoms with Gasteiger partial charge in [-0.05, 0) is 37.4 Å². The second-order valence-electron chi connectivity index (χ2n) is 6.71. The van der Waals surface area contributed by atoms with Crippen LogP contribution in [0.3, 0.4) is 0 Å². The van der Waals surface area contributed by atoms with E-state index in [9.17, 15) is 14.9 Å². The number of H-pyrrole nitrogens is 1. The Balaban J connectivity index is 1.65. The summed E-state index contributed by atoms with van der Waals surface area (Å²) >= 11 is 0. The Labute approximate surface area is 155 Å². The zero-order chi connectivity index (χ0) is 19.0. The first-order valence-corrected chi connectivity index (χ1v) is 8.74. The molecule has 4 rings (SSSR count). The van der Waals surface area contributed by atoms with Crippen LogP contribution >= 0.6 is 0 Å². The van der Waals surface area contributed by atoms with Gasteiger partial charge in [0.05, 0.1) is 15.8 Å². The third-order valence-electron chi connectivity index (χ3n) is 4.91. The van der Waals surface area contributed by atoms with Crippen molar-refractivity contribution in [1.29, 1.82) is 0 Å². The molecule has 8 nitrogen and oxygen atoms in total. The van der Waals surface area contributed by atoms with E-state index in [0.29, 0.717) is 11.3 Å². The number of nitro benzene ring substituents is 1. The molecule has 2 heterocycles. The zero-order valence-corrected chi connectivity index (χ0v) is 14.9. The third-order valence-corrected chi connectivity index (χ3v) is 4.91. The number of hydrogen-bond acceptors (Lipinski definition) is 6. The van der Waals surface area contributed by atoms with E-state index in [4.69, 9.17) is 0 Å². The smallest absolute Gasteiger partial charge is 0.270 e. The lowest BCUT2D eigenvalue weighted by molar-refractivity contribution is -0.384. The fourth-order valence-corrected chi connectivity index (χ4v) is 3.27. The van der Waals surface area contributed by atoms with Crippen LogP contribution in [-0.2, 0) is 0 Å². The number of fused-ring (bicyclic) bond motifs is 1. The Kier molecular flexibility index (Phi) is 4.33. The van der Waals surface area contributed by atoms with Gasteiger partial charge < -0.3 is 14.8 Å². The Hall–Kier alpha value is -3.26. The number of benzene rings is 2. The lowest BCUT2D eigenvalue weighted by Gasteiger charge is -2.34. The van der Waals surface area contributed by atoms with Crippen molar-refractivity contribution in [2.75, 3.05) is 38.1 Å². The topological polar surface area (TPSA) is 95.4 Å². The van der Waals surface area contributed by atoms with E-state index in [-0.39, 0.29) is 16.6 Å². The predicted molar refractivity (Wildman–Crippen MR) is 104 cm³/mol. The van der Waals surface area contributed by atoms with Crippen molar-refractivity contribution in [3.63, 3.8) is 0 Å². The van der Waals surface area contributed by atoms with Crippen LogP contribution in [-0.4, -0.2) is 53.0 Å². The highest BCUT2D eigenvalue weighted by Crippen LogP contribution is 2.23. The van der Waals surface area contributed by atoms with Crippen LogP contribution in [0.1, 0.15) is 0 Å². The van der Waals surface area contributed by atoms with E-state index < -0.39 is 4.92 Å². The monoisotopic (exact) mass is 365 g/mol. The van der Waals surface area contributed by atoms with Crippen molar-refractivity contribution < 1.29 is 4.92 Å². The van der Waals surface area contributed by atoms with Crippen LogP contribution in [0, 0.1) is 10.1 Å². The number of nitro groups is 1. The van der Waals surface area contributed by atoms with Gasteiger partial charge in [0.25, 0.3) is 11.2 Å². The van der Waals surface area contributed by atoms with Gasteiger partial charge in [0.1, 0.15) is 5.82 Å². The number of rotatable bonds is 3. The van der Waals surface area contributed by atoms with Gasteiger partial charge >= 0.3 is 0 Å². The van der Waals surface area contributed by atoms with Gasteiger partial charge in [0.2, 0.25) is 0 Å². The Morgan fingerprint density at radius 3 is 2.44 bits per heavy atom. The van der Waals surface area contributed by atoms with Crippen molar-refractivity contribution in [3.8, 4) is 11.4 Å². The van der Waals surface area contributed by atoms with Crippen LogP contribution in [0.2, 0.25) is 0 Å². The standard InChI is InChI=1S/C19H19N5O3/c1-22-8-10-23(11-9-22)14-4-2-13(3-5-14)18-20-17-7-6-15(24(26)27)12-16(17)19(25)21-18/h2-7,12H,8-11H2,1H3,(H,20,21,25). The van der Waals surface area contributed by atoms with Gasteiger partial charge in [-0.15, -0.1) is 0 Å². The van der Waals surface area contributed by atoms with Crippen molar-refractivity contribution in [3.05, 3.63) is 62.9 Å². The molecule has 0 radical (unpaired) electrons. The van der Waals surface area contributed by atoms with Crippen molar-refractivity contribution in [1.82, 2.24) is 14.9 Å². The summed E-state index contributed by atoms with van der Waals surface area (Å²) < 4.78 is 0. The number of aromatic nitrogens is 2. The first-order valence-electron chi connectivity index (χ1n) is 8.74. The van der Waals surface area contributed by atoms with Gasteiger partial charge in [-0.25, -0.2) is 4.98 Å². The molecule has 1 aliphatic heterocycles. The molecule has 0 aliphatic carbocycles. The molecule has 1 fully saturated rings. The molecule has 0 saturated carbocycles. The lowest BCUT2D eigenvalue weighted by Crippen LogP contribution is -2.44. The molecule has 3 aromatic rings. The Morgan fingerprint density at radius 2 is 1.78 bits per heavy atom. The molecular weight excluding hydrogens is 346 g/mol. The average molecular weight is 365 g/mol. The summed E-state index contributed by atoms with van der Waals surface area (Å²) in [6, 6.07) is 12.0. The first-order chi connectivity index (χ1) is 13.0. The molecule has 1 N–H and O–H groups in total. The normalized spacial score (nSPS) is 15.2. The minimum Gasteiger partial charge on any atom is -0.369 e. The second-order valence-corrected chi connectivity index (χ2v) is 6.71. The zero-order valence-electron chi connectivity index (χ0n) is 14.9. The van der Waals surface area contributed by atoms with E-state index in [1.54, 1.807) is 0 Å². The van der Waals surface area contributed by atoms with Gasteiger partial charge in [0.15, 0.2) is 0 Å². The molecule has 2 aromatic carbocycles. The maximum Gasteiger partial charge on any atom is 0.270 e.